The fourth-order valence-electron chi connectivity index (χ4n) is 2.59. The van der Waals surface area contributed by atoms with E-state index in [1.807, 2.05) is 38.1 Å². The number of hydrogen-bond donors (Lipinski definition) is 2. The molecule has 2 rings (SSSR count). The SMILES string of the molecule is COc1cc(C(=O)Nc2ccc(C(C)C)cc2)ccc1OCC(=O)NC(C)C. The smallest absolute Gasteiger partial charge is 0.258 e. The van der Waals surface area contributed by atoms with Crippen LogP contribution in [0.5, 0.6) is 11.5 Å². The Morgan fingerprint density at radius 1 is 0.964 bits per heavy atom. The molecule has 0 aliphatic heterocycles. The van der Waals surface area contributed by atoms with Gasteiger partial charge in [0, 0.05) is 17.3 Å². The molecule has 0 aromatic heterocycles. The van der Waals surface area contributed by atoms with E-state index in [0.29, 0.717) is 23.0 Å². The van der Waals surface area contributed by atoms with E-state index in [0.717, 1.165) is 5.69 Å². The largest absolute Gasteiger partial charge is 0.493 e. The van der Waals surface area contributed by atoms with Crippen LogP contribution in [0.2, 0.25) is 0 Å². The third kappa shape index (κ3) is 6.01. The van der Waals surface area contributed by atoms with Crippen molar-refractivity contribution < 1.29 is 19.1 Å². The minimum absolute atomic E-state index is 0.0404. The number of carbonyl (C=O) groups excluding carboxylic acids is 2. The minimum atomic E-state index is -0.250. The van der Waals surface area contributed by atoms with Gasteiger partial charge in [-0.1, -0.05) is 26.0 Å². The quantitative estimate of drug-likeness (QED) is 0.722. The zero-order chi connectivity index (χ0) is 20.7. The molecule has 2 aromatic carbocycles. The van der Waals surface area contributed by atoms with Gasteiger partial charge in [0.15, 0.2) is 18.1 Å². The van der Waals surface area contributed by atoms with Crippen molar-refractivity contribution in [3.05, 3.63) is 53.6 Å². The first kappa shape index (κ1) is 21.3. The molecule has 2 amide bonds. The summed E-state index contributed by atoms with van der Waals surface area (Å²) < 4.78 is 10.8. The summed E-state index contributed by atoms with van der Waals surface area (Å²) in [4.78, 5) is 24.3. The Hall–Kier alpha value is -3.02. The van der Waals surface area contributed by atoms with E-state index in [9.17, 15) is 9.59 Å². The Morgan fingerprint density at radius 2 is 1.64 bits per heavy atom. The second-order valence-corrected chi connectivity index (χ2v) is 7.11. The Bertz CT molecular complexity index is 814. The lowest BCUT2D eigenvalue weighted by atomic mass is 10.0. The predicted octanol–water partition coefficient (Wildman–Crippen LogP) is 3.97. The van der Waals surface area contributed by atoms with Crippen molar-refractivity contribution in [3.8, 4) is 11.5 Å². The molecule has 0 bridgehead atoms. The van der Waals surface area contributed by atoms with Gasteiger partial charge in [0.25, 0.3) is 11.8 Å². The second kappa shape index (κ2) is 9.78. The number of nitrogens with one attached hydrogen (secondary N) is 2. The van der Waals surface area contributed by atoms with Crippen molar-refractivity contribution in [2.75, 3.05) is 19.0 Å². The van der Waals surface area contributed by atoms with Crippen molar-refractivity contribution in [1.82, 2.24) is 5.32 Å². The van der Waals surface area contributed by atoms with Crippen LogP contribution in [0.4, 0.5) is 5.69 Å². The molecule has 0 saturated heterocycles. The van der Waals surface area contributed by atoms with Crippen LogP contribution in [0.3, 0.4) is 0 Å². The van der Waals surface area contributed by atoms with Crippen LogP contribution in [-0.2, 0) is 4.79 Å². The molecule has 0 spiro atoms. The van der Waals surface area contributed by atoms with Gasteiger partial charge in [-0.05, 0) is 55.7 Å². The van der Waals surface area contributed by atoms with Gasteiger partial charge in [0.1, 0.15) is 0 Å². The molecule has 2 aromatic rings. The molecule has 2 N–H and O–H groups in total. The molecule has 28 heavy (non-hydrogen) atoms. The van der Waals surface area contributed by atoms with Crippen molar-refractivity contribution in [1.29, 1.82) is 0 Å². The second-order valence-electron chi connectivity index (χ2n) is 7.11. The predicted molar refractivity (Wildman–Crippen MR) is 110 cm³/mol. The van der Waals surface area contributed by atoms with Gasteiger partial charge in [-0.15, -0.1) is 0 Å². The highest BCUT2D eigenvalue weighted by Crippen LogP contribution is 2.28. The average Bonchev–Trinajstić information content (AvgIpc) is 2.66. The third-order valence-electron chi connectivity index (χ3n) is 4.07. The number of rotatable bonds is 8. The molecule has 0 heterocycles. The van der Waals surface area contributed by atoms with E-state index in [4.69, 9.17) is 9.47 Å². The number of hydrogen-bond acceptors (Lipinski definition) is 4. The van der Waals surface area contributed by atoms with Gasteiger partial charge in [0.05, 0.1) is 7.11 Å². The number of benzene rings is 2. The highest BCUT2D eigenvalue weighted by molar-refractivity contribution is 6.04. The van der Waals surface area contributed by atoms with Gasteiger partial charge in [-0.25, -0.2) is 0 Å². The summed E-state index contributed by atoms with van der Waals surface area (Å²) in [5.41, 5.74) is 2.37. The molecular formula is C22H28N2O4. The van der Waals surface area contributed by atoms with E-state index >= 15 is 0 Å². The number of amides is 2. The van der Waals surface area contributed by atoms with E-state index in [2.05, 4.69) is 24.5 Å². The maximum Gasteiger partial charge on any atom is 0.258 e. The molecule has 150 valence electrons. The van der Waals surface area contributed by atoms with Gasteiger partial charge < -0.3 is 20.1 Å². The van der Waals surface area contributed by atoms with Crippen LogP contribution in [0.25, 0.3) is 0 Å². The van der Waals surface area contributed by atoms with Crippen molar-refractivity contribution in [2.24, 2.45) is 0 Å². The molecule has 6 heteroatoms. The summed E-state index contributed by atoms with van der Waals surface area (Å²) in [5.74, 6) is 0.756. The molecule has 0 atom stereocenters. The molecule has 0 aliphatic rings. The summed E-state index contributed by atoms with van der Waals surface area (Å²) in [6.45, 7) is 7.87. The lowest BCUT2D eigenvalue weighted by Gasteiger charge is -2.13. The Labute approximate surface area is 166 Å². The van der Waals surface area contributed by atoms with Crippen molar-refractivity contribution >= 4 is 17.5 Å². The topological polar surface area (TPSA) is 76.7 Å². The maximum atomic E-state index is 12.5. The van der Waals surface area contributed by atoms with Gasteiger partial charge in [-0.2, -0.15) is 0 Å². The molecule has 0 saturated carbocycles. The van der Waals surface area contributed by atoms with Crippen LogP contribution in [0.1, 0.15) is 49.5 Å². The van der Waals surface area contributed by atoms with Gasteiger partial charge in [-0.3, -0.25) is 9.59 Å². The van der Waals surface area contributed by atoms with E-state index in [1.165, 1.54) is 12.7 Å². The fourth-order valence-corrected chi connectivity index (χ4v) is 2.59. The zero-order valence-electron chi connectivity index (χ0n) is 17.0. The highest BCUT2D eigenvalue weighted by Gasteiger charge is 2.13. The number of ether oxygens (including phenoxy) is 2. The third-order valence-corrected chi connectivity index (χ3v) is 4.07. The minimum Gasteiger partial charge on any atom is -0.493 e. The lowest BCUT2D eigenvalue weighted by Crippen LogP contribution is -2.34. The van der Waals surface area contributed by atoms with Gasteiger partial charge >= 0.3 is 0 Å². The molecule has 0 unspecified atom stereocenters. The molecule has 0 fully saturated rings. The van der Waals surface area contributed by atoms with Crippen LogP contribution in [0.15, 0.2) is 42.5 Å². The van der Waals surface area contributed by atoms with Crippen molar-refractivity contribution in [3.63, 3.8) is 0 Å². The Morgan fingerprint density at radius 3 is 2.21 bits per heavy atom. The molecule has 6 nitrogen and oxygen atoms in total. The van der Waals surface area contributed by atoms with Gasteiger partial charge in [0.2, 0.25) is 0 Å². The fraction of sp³-hybridized carbons (Fsp3) is 0.364. The first-order valence-corrected chi connectivity index (χ1v) is 9.31. The molecule has 0 radical (unpaired) electrons. The standard InChI is InChI=1S/C22H28N2O4/c1-14(2)16-6-9-18(10-7-16)24-22(26)17-8-11-19(20(12-17)27-5)28-13-21(25)23-15(3)4/h6-12,14-15H,13H2,1-5H3,(H,23,25)(H,24,26). The number of carbonyl (C=O) groups is 2. The summed E-state index contributed by atoms with van der Waals surface area (Å²) >= 11 is 0. The number of methoxy groups -OCH3 is 1. The average molecular weight is 384 g/mol. The number of anilines is 1. The van der Waals surface area contributed by atoms with E-state index < -0.39 is 0 Å². The Kier molecular flexibility index (Phi) is 7.44. The monoisotopic (exact) mass is 384 g/mol. The lowest BCUT2D eigenvalue weighted by molar-refractivity contribution is -0.123. The molecular weight excluding hydrogens is 356 g/mol. The highest BCUT2D eigenvalue weighted by atomic mass is 16.5. The summed E-state index contributed by atoms with van der Waals surface area (Å²) in [6.07, 6.45) is 0. The van der Waals surface area contributed by atoms with Crippen LogP contribution in [0, 0.1) is 0 Å². The summed E-state index contributed by atoms with van der Waals surface area (Å²) in [6, 6.07) is 12.7. The molecule has 0 aliphatic carbocycles. The van der Waals surface area contributed by atoms with E-state index in [1.54, 1.807) is 18.2 Å². The van der Waals surface area contributed by atoms with Crippen LogP contribution >= 0.6 is 0 Å². The van der Waals surface area contributed by atoms with Crippen LogP contribution < -0.4 is 20.1 Å². The zero-order valence-corrected chi connectivity index (χ0v) is 17.0. The maximum absolute atomic E-state index is 12.5. The Balaban J connectivity index is 2.05. The van der Waals surface area contributed by atoms with Crippen molar-refractivity contribution in [2.45, 2.75) is 39.7 Å². The first-order chi connectivity index (χ1) is 13.3. The van der Waals surface area contributed by atoms with E-state index in [-0.39, 0.29) is 24.5 Å². The normalized spacial score (nSPS) is 10.7. The first-order valence-electron chi connectivity index (χ1n) is 9.31. The van der Waals surface area contributed by atoms with Crippen LogP contribution in [-0.4, -0.2) is 31.6 Å². The summed E-state index contributed by atoms with van der Waals surface area (Å²) in [7, 11) is 1.49. The summed E-state index contributed by atoms with van der Waals surface area (Å²) in [5, 5.41) is 5.62.